The summed E-state index contributed by atoms with van der Waals surface area (Å²) in [6, 6.07) is 7.30. The van der Waals surface area contributed by atoms with Crippen molar-refractivity contribution in [3.63, 3.8) is 0 Å². The topological polar surface area (TPSA) is 58.6 Å². The molecule has 3 rings (SSSR count). The molecule has 2 heterocycles. The summed E-state index contributed by atoms with van der Waals surface area (Å²) < 4.78 is 5.13. The van der Waals surface area contributed by atoms with Gasteiger partial charge in [0.15, 0.2) is 5.78 Å². The summed E-state index contributed by atoms with van der Waals surface area (Å²) in [4.78, 5) is 27.2. The number of nitrogens with one attached hydrogen (secondary N) is 1. The van der Waals surface area contributed by atoms with Gasteiger partial charge in [0.1, 0.15) is 5.75 Å². The van der Waals surface area contributed by atoms with Crippen LogP contribution in [0.2, 0.25) is 0 Å². The van der Waals surface area contributed by atoms with Crippen molar-refractivity contribution in [3.05, 3.63) is 29.8 Å². The molecule has 1 aromatic carbocycles. The Morgan fingerprint density at radius 1 is 1.00 bits per heavy atom. The van der Waals surface area contributed by atoms with Gasteiger partial charge in [-0.2, -0.15) is 0 Å². The SMILES string of the molecule is COc1ccc(C(=O)C2CCN(C(=O)C3CCNCC3)CC2)cc1.Cl. The first kappa shape index (κ1) is 19.7. The number of carbonyl (C=O) groups excluding carboxylic acids is 2. The molecule has 0 aliphatic carbocycles. The van der Waals surface area contributed by atoms with Crippen molar-refractivity contribution in [2.24, 2.45) is 11.8 Å². The number of amides is 1. The summed E-state index contributed by atoms with van der Waals surface area (Å²) in [5.74, 6) is 1.42. The van der Waals surface area contributed by atoms with Crippen LogP contribution < -0.4 is 10.1 Å². The largest absolute Gasteiger partial charge is 0.497 e. The average molecular weight is 367 g/mol. The van der Waals surface area contributed by atoms with Gasteiger partial charge in [-0.05, 0) is 63.0 Å². The number of carbonyl (C=O) groups is 2. The number of ether oxygens (including phenoxy) is 1. The lowest BCUT2D eigenvalue weighted by molar-refractivity contribution is -0.137. The molecule has 138 valence electrons. The van der Waals surface area contributed by atoms with Crippen LogP contribution in [0.4, 0.5) is 0 Å². The second-order valence-electron chi connectivity index (χ2n) is 6.72. The zero-order valence-corrected chi connectivity index (χ0v) is 15.5. The number of piperidine rings is 2. The highest BCUT2D eigenvalue weighted by Crippen LogP contribution is 2.25. The predicted octanol–water partition coefficient (Wildman–Crippen LogP) is 2.54. The maximum atomic E-state index is 12.6. The summed E-state index contributed by atoms with van der Waals surface area (Å²) in [5, 5.41) is 3.30. The highest BCUT2D eigenvalue weighted by atomic mass is 35.5. The van der Waals surface area contributed by atoms with Gasteiger partial charge >= 0.3 is 0 Å². The molecule has 0 aromatic heterocycles. The Bertz CT molecular complexity index is 577. The van der Waals surface area contributed by atoms with Gasteiger partial charge in [0.25, 0.3) is 0 Å². The summed E-state index contributed by atoms with van der Waals surface area (Å²) in [7, 11) is 1.62. The molecule has 0 bridgehead atoms. The summed E-state index contributed by atoms with van der Waals surface area (Å²) in [5.41, 5.74) is 0.735. The first-order valence-corrected chi connectivity index (χ1v) is 8.87. The molecule has 6 heteroatoms. The van der Waals surface area contributed by atoms with Gasteiger partial charge in [-0.3, -0.25) is 9.59 Å². The third kappa shape index (κ3) is 4.73. The number of ketones is 1. The smallest absolute Gasteiger partial charge is 0.225 e. The van der Waals surface area contributed by atoms with Gasteiger partial charge in [-0.1, -0.05) is 0 Å². The number of benzene rings is 1. The van der Waals surface area contributed by atoms with Crippen molar-refractivity contribution in [2.45, 2.75) is 25.7 Å². The fourth-order valence-electron chi connectivity index (χ4n) is 3.68. The van der Waals surface area contributed by atoms with Gasteiger partial charge < -0.3 is 15.0 Å². The van der Waals surface area contributed by atoms with Crippen LogP contribution in [0, 0.1) is 11.8 Å². The van der Waals surface area contributed by atoms with Crippen molar-refractivity contribution >= 4 is 24.1 Å². The maximum absolute atomic E-state index is 12.6. The van der Waals surface area contributed by atoms with Crippen LogP contribution in [-0.2, 0) is 4.79 Å². The van der Waals surface area contributed by atoms with Crippen LogP contribution in [0.25, 0.3) is 0 Å². The Morgan fingerprint density at radius 2 is 1.60 bits per heavy atom. The van der Waals surface area contributed by atoms with Crippen LogP contribution in [-0.4, -0.2) is 49.9 Å². The highest BCUT2D eigenvalue weighted by molar-refractivity contribution is 5.98. The van der Waals surface area contributed by atoms with Crippen LogP contribution in [0.1, 0.15) is 36.0 Å². The zero-order valence-electron chi connectivity index (χ0n) is 14.7. The third-order valence-corrected chi connectivity index (χ3v) is 5.24. The van der Waals surface area contributed by atoms with E-state index in [1.807, 2.05) is 29.2 Å². The van der Waals surface area contributed by atoms with E-state index in [0.717, 1.165) is 50.1 Å². The maximum Gasteiger partial charge on any atom is 0.225 e. The molecule has 2 aliphatic rings. The minimum atomic E-state index is 0. The lowest BCUT2D eigenvalue weighted by Gasteiger charge is -2.34. The number of likely N-dealkylation sites (tertiary alicyclic amines) is 1. The number of hydrogen-bond donors (Lipinski definition) is 1. The molecule has 1 N–H and O–H groups in total. The first-order valence-electron chi connectivity index (χ1n) is 8.87. The molecule has 0 spiro atoms. The molecule has 5 nitrogen and oxygen atoms in total. The van der Waals surface area contributed by atoms with Crippen LogP contribution in [0.15, 0.2) is 24.3 Å². The Hall–Kier alpha value is -1.59. The molecule has 0 atom stereocenters. The zero-order chi connectivity index (χ0) is 16.9. The minimum absolute atomic E-state index is 0. The van der Waals surface area contributed by atoms with E-state index in [4.69, 9.17) is 4.74 Å². The minimum Gasteiger partial charge on any atom is -0.497 e. The lowest BCUT2D eigenvalue weighted by atomic mass is 9.87. The van der Waals surface area contributed by atoms with E-state index in [1.165, 1.54) is 0 Å². The van der Waals surface area contributed by atoms with Gasteiger partial charge in [-0.25, -0.2) is 0 Å². The molecular weight excluding hydrogens is 340 g/mol. The number of hydrogen-bond acceptors (Lipinski definition) is 4. The Balaban J connectivity index is 0.00000225. The van der Waals surface area contributed by atoms with Gasteiger partial charge in [-0.15, -0.1) is 12.4 Å². The number of methoxy groups -OCH3 is 1. The fraction of sp³-hybridized carbons (Fsp3) is 0.579. The predicted molar refractivity (Wildman–Crippen MR) is 99.5 cm³/mol. The number of Topliss-reactive ketones (excluding diaryl/α,β-unsaturated/α-hetero) is 1. The van der Waals surface area contributed by atoms with E-state index in [0.29, 0.717) is 13.1 Å². The summed E-state index contributed by atoms with van der Waals surface area (Å²) in [6.07, 6.45) is 3.40. The third-order valence-electron chi connectivity index (χ3n) is 5.24. The molecule has 0 radical (unpaired) electrons. The molecular formula is C19H27ClN2O3. The van der Waals surface area contributed by atoms with Crippen molar-refractivity contribution in [1.82, 2.24) is 10.2 Å². The molecule has 2 fully saturated rings. The Morgan fingerprint density at radius 3 is 2.16 bits per heavy atom. The van der Waals surface area contributed by atoms with E-state index in [-0.39, 0.29) is 35.9 Å². The second-order valence-corrected chi connectivity index (χ2v) is 6.72. The fourth-order valence-corrected chi connectivity index (χ4v) is 3.68. The monoisotopic (exact) mass is 366 g/mol. The van der Waals surface area contributed by atoms with Crippen molar-refractivity contribution in [3.8, 4) is 5.75 Å². The molecule has 1 aromatic rings. The second kappa shape index (κ2) is 9.20. The number of halogens is 1. The van der Waals surface area contributed by atoms with Crippen molar-refractivity contribution in [1.29, 1.82) is 0 Å². The van der Waals surface area contributed by atoms with Crippen LogP contribution in [0.5, 0.6) is 5.75 Å². The Kier molecular flexibility index (Phi) is 7.26. The number of nitrogens with zero attached hydrogens (tertiary/aromatic N) is 1. The first-order chi connectivity index (χ1) is 11.7. The molecule has 0 unspecified atom stereocenters. The molecule has 1 amide bonds. The van der Waals surface area contributed by atoms with E-state index in [2.05, 4.69) is 5.32 Å². The van der Waals surface area contributed by atoms with E-state index < -0.39 is 0 Å². The van der Waals surface area contributed by atoms with Gasteiger partial charge in [0.2, 0.25) is 5.91 Å². The quantitative estimate of drug-likeness (QED) is 0.832. The van der Waals surface area contributed by atoms with E-state index >= 15 is 0 Å². The molecule has 2 aliphatic heterocycles. The van der Waals surface area contributed by atoms with E-state index in [1.54, 1.807) is 7.11 Å². The normalized spacial score (nSPS) is 19.2. The standard InChI is InChI=1S/C19H26N2O3.ClH/c1-24-17-4-2-14(3-5-17)18(22)15-8-12-21(13-9-15)19(23)16-6-10-20-11-7-16;/h2-5,15-16,20H,6-13H2,1H3;1H. The summed E-state index contributed by atoms with van der Waals surface area (Å²) >= 11 is 0. The molecule has 25 heavy (non-hydrogen) atoms. The highest BCUT2D eigenvalue weighted by Gasteiger charge is 2.31. The van der Waals surface area contributed by atoms with Gasteiger partial charge in [0.05, 0.1) is 7.11 Å². The molecule has 0 saturated carbocycles. The van der Waals surface area contributed by atoms with Crippen molar-refractivity contribution < 1.29 is 14.3 Å². The molecule has 2 saturated heterocycles. The summed E-state index contributed by atoms with van der Waals surface area (Å²) in [6.45, 7) is 3.27. The number of rotatable bonds is 4. The average Bonchev–Trinajstić information content (AvgIpc) is 2.68. The lowest BCUT2D eigenvalue weighted by Crippen LogP contribution is -2.45. The van der Waals surface area contributed by atoms with Gasteiger partial charge in [0, 0.05) is 30.5 Å². The Labute approximate surface area is 155 Å². The van der Waals surface area contributed by atoms with Crippen LogP contribution in [0.3, 0.4) is 0 Å². The van der Waals surface area contributed by atoms with Crippen LogP contribution >= 0.6 is 12.4 Å². The van der Waals surface area contributed by atoms with E-state index in [9.17, 15) is 9.59 Å². The van der Waals surface area contributed by atoms with Crippen molar-refractivity contribution in [2.75, 3.05) is 33.3 Å².